The zero-order valence-electron chi connectivity index (χ0n) is 12.4. The Bertz CT molecular complexity index is 254. The van der Waals surface area contributed by atoms with Gasteiger partial charge in [-0.3, -0.25) is 4.90 Å². The number of hydrogen-bond donors (Lipinski definition) is 1. The maximum Gasteiger partial charge on any atom is 0.0600 e. The first-order valence-corrected chi connectivity index (χ1v) is 7.61. The summed E-state index contributed by atoms with van der Waals surface area (Å²) in [5.41, 5.74) is 0.424. The van der Waals surface area contributed by atoms with Gasteiger partial charge >= 0.3 is 0 Å². The summed E-state index contributed by atoms with van der Waals surface area (Å²) in [6, 6.07) is 0. The van der Waals surface area contributed by atoms with Crippen LogP contribution in [0.15, 0.2) is 0 Å². The second kappa shape index (κ2) is 5.89. The lowest BCUT2D eigenvalue weighted by Crippen LogP contribution is -2.49. The fourth-order valence-electron chi connectivity index (χ4n) is 3.28. The average Bonchev–Trinajstić information content (AvgIpc) is 2.61. The number of hydrogen-bond acceptors (Lipinski definition) is 3. The average molecular weight is 254 g/mol. The van der Waals surface area contributed by atoms with E-state index in [1.807, 2.05) is 0 Å². The summed E-state index contributed by atoms with van der Waals surface area (Å²) >= 11 is 0. The van der Waals surface area contributed by atoms with Crippen molar-refractivity contribution in [2.24, 2.45) is 0 Å². The molecule has 1 aliphatic heterocycles. The molecule has 0 bridgehead atoms. The van der Waals surface area contributed by atoms with Crippen molar-refractivity contribution >= 4 is 0 Å². The van der Waals surface area contributed by atoms with Gasteiger partial charge in [-0.15, -0.1) is 0 Å². The van der Waals surface area contributed by atoms with E-state index >= 15 is 0 Å². The highest BCUT2D eigenvalue weighted by molar-refractivity contribution is 4.96. The summed E-state index contributed by atoms with van der Waals surface area (Å²) in [5.74, 6) is 0. The largest absolute Gasteiger partial charge is 0.375 e. The van der Waals surface area contributed by atoms with Gasteiger partial charge in [-0.25, -0.2) is 0 Å². The van der Waals surface area contributed by atoms with Gasteiger partial charge < -0.3 is 10.1 Å². The second-order valence-electron chi connectivity index (χ2n) is 7.00. The van der Waals surface area contributed by atoms with Crippen LogP contribution in [0.4, 0.5) is 0 Å². The van der Waals surface area contributed by atoms with Crippen LogP contribution in [0.25, 0.3) is 0 Å². The Morgan fingerprint density at radius 2 is 1.89 bits per heavy atom. The predicted molar refractivity (Wildman–Crippen MR) is 76.0 cm³/mol. The molecule has 3 heteroatoms. The van der Waals surface area contributed by atoms with Gasteiger partial charge in [0.2, 0.25) is 0 Å². The van der Waals surface area contributed by atoms with Gasteiger partial charge in [-0.2, -0.15) is 0 Å². The first-order valence-electron chi connectivity index (χ1n) is 7.61. The van der Waals surface area contributed by atoms with E-state index in [0.29, 0.717) is 5.54 Å². The summed E-state index contributed by atoms with van der Waals surface area (Å²) in [6.07, 6.45) is 6.81. The highest BCUT2D eigenvalue weighted by Gasteiger charge is 2.36. The quantitative estimate of drug-likeness (QED) is 0.837. The van der Waals surface area contributed by atoms with Crippen LogP contribution >= 0.6 is 0 Å². The number of nitrogens with one attached hydrogen (secondary N) is 1. The van der Waals surface area contributed by atoms with Crippen LogP contribution in [0, 0.1) is 0 Å². The van der Waals surface area contributed by atoms with Crippen LogP contribution in [-0.2, 0) is 4.74 Å². The van der Waals surface area contributed by atoms with Crippen molar-refractivity contribution in [3.63, 3.8) is 0 Å². The van der Waals surface area contributed by atoms with Crippen molar-refractivity contribution in [2.75, 3.05) is 32.8 Å². The molecule has 1 N–H and O–H groups in total. The van der Waals surface area contributed by atoms with Gasteiger partial charge in [0.25, 0.3) is 0 Å². The number of rotatable bonds is 3. The van der Waals surface area contributed by atoms with Gasteiger partial charge in [0, 0.05) is 18.6 Å². The zero-order chi connectivity index (χ0) is 13.1. The molecule has 1 aliphatic carbocycles. The van der Waals surface area contributed by atoms with E-state index in [2.05, 4.69) is 31.0 Å². The van der Waals surface area contributed by atoms with E-state index in [9.17, 15) is 0 Å². The van der Waals surface area contributed by atoms with E-state index in [0.717, 1.165) is 13.2 Å². The Hall–Kier alpha value is -0.120. The molecule has 1 saturated carbocycles. The van der Waals surface area contributed by atoms with Gasteiger partial charge in [0.1, 0.15) is 0 Å². The molecule has 18 heavy (non-hydrogen) atoms. The monoisotopic (exact) mass is 254 g/mol. The van der Waals surface area contributed by atoms with Gasteiger partial charge in [-0.05, 0) is 53.1 Å². The van der Waals surface area contributed by atoms with Crippen LogP contribution < -0.4 is 5.32 Å². The van der Waals surface area contributed by atoms with Crippen LogP contribution in [0.1, 0.15) is 52.9 Å². The lowest BCUT2D eigenvalue weighted by Gasteiger charge is -2.33. The molecule has 2 fully saturated rings. The van der Waals surface area contributed by atoms with Crippen LogP contribution in [0.5, 0.6) is 0 Å². The molecule has 0 aromatic carbocycles. The topological polar surface area (TPSA) is 24.5 Å². The van der Waals surface area contributed by atoms with E-state index in [-0.39, 0.29) is 5.60 Å². The van der Waals surface area contributed by atoms with Crippen LogP contribution in [0.2, 0.25) is 0 Å². The fraction of sp³-hybridized carbons (Fsp3) is 1.00. The van der Waals surface area contributed by atoms with E-state index in [1.165, 1.54) is 51.7 Å². The van der Waals surface area contributed by atoms with Crippen molar-refractivity contribution in [3.8, 4) is 0 Å². The van der Waals surface area contributed by atoms with Crippen molar-refractivity contribution in [1.29, 1.82) is 0 Å². The van der Waals surface area contributed by atoms with Crippen LogP contribution in [-0.4, -0.2) is 48.8 Å². The van der Waals surface area contributed by atoms with Crippen molar-refractivity contribution in [2.45, 2.75) is 64.0 Å². The van der Waals surface area contributed by atoms with Crippen molar-refractivity contribution in [3.05, 3.63) is 0 Å². The molecule has 106 valence electrons. The first-order chi connectivity index (χ1) is 8.49. The molecule has 0 aromatic rings. The third-order valence-electron chi connectivity index (χ3n) is 4.18. The third kappa shape index (κ3) is 4.22. The molecule has 1 spiro atoms. The molecule has 1 heterocycles. The molecule has 1 saturated heterocycles. The molecule has 0 atom stereocenters. The highest BCUT2D eigenvalue weighted by atomic mass is 16.5. The first kappa shape index (κ1) is 14.3. The maximum atomic E-state index is 5.86. The Morgan fingerprint density at radius 1 is 1.17 bits per heavy atom. The molecule has 0 aromatic heterocycles. The summed E-state index contributed by atoms with van der Waals surface area (Å²) in [7, 11) is 0. The molecular weight excluding hydrogens is 224 g/mol. The lowest BCUT2D eigenvalue weighted by atomic mass is 9.97. The second-order valence-corrected chi connectivity index (χ2v) is 7.00. The molecule has 3 nitrogen and oxygen atoms in total. The van der Waals surface area contributed by atoms with Gasteiger partial charge in [0.15, 0.2) is 0 Å². The van der Waals surface area contributed by atoms with Gasteiger partial charge in [-0.1, -0.05) is 12.8 Å². The minimum atomic E-state index is -0.00482. The SMILES string of the molecule is CC(C)(C)OCCN1CCCNC2(CCCC2)C1. The Kier molecular flexibility index (Phi) is 4.68. The molecule has 2 aliphatic rings. The summed E-state index contributed by atoms with van der Waals surface area (Å²) in [6.45, 7) is 12.0. The van der Waals surface area contributed by atoms with Crippen LogP contribution in [0.3, 0.4) is 0 Å². The van der Waals surface area contributed by atoms with E-state index < -0.39 is 0 Å². The molecular formula is C15H30N2O. The number of nitrogens with zero attached hydrogens (tertiary/aromatic N) is 1. The smallest absolute Gasteiger partial charge is 0.0600 e. The van der Waals surface area contributed by atoms with Crippen molar-refractivity contribution in [1.82, 2.24) is 10.2 Å². The maximum absolute atomic E-state index is 5.86. The molecule has 0 radical (unpaired) electrons. The minimum absolute atomic E-state index is 0.00482. The Morgan fingerprint density at radius 3 is 2.56 bits per heavy atom. The Balaban J connectivity index is 1.80. The zero-order valence-corrected chi connectivity index (χ0v) is 12.4. The van der Waals surface area contributed by atoms with Gasteiger partial charge in [0.05, 0.1) is 12.2 Å². The standard InChI is InChI=1S/C15H30N2O/c1-14(2,3)18-12-11-17-10-6-9-16-15(13-17)7-4-5-8-15/h16H,4-13H2,1-3H3. The highest BCUT2D eigenvalue weighted by Crippen LogP contribution is 2.31. The molecule has 0 amide bonds. The molecule has 0 unspecified atom stereocenters. The van der Waals surface area contributed by atoms with E-state index in [4.69, 9.17) is 4.74 Å². The lowest BCUT2D eigenvalue weighted by molar-refractivity contribution is -0.0144. The summed E-state index contributed by atoms with van der Waals surface area (Å²) in [5, 5.41) is 3.81. The molecule has 2 rings (SSSR count). The normalized spacial score (nSPS) is 25.5. The number of ether oxygens (including phenoxy) is 1. The summed E-state index contributed by atoms with van der Waals surface area (Å²) in [4.78, 5) is 2.61. The van der Waals surface area contributed by atoms with E-state index in [1.54, 1.807) is 0 Å². The Labute approximate surface area is 112 Å². The third-order valence-corrected chi connectivity index (χ3v) is 4.18. The van der Waals surface area contributed by atoms with Crippen molar-refractivity contribution < 1.29 is 4.74 Å². The predicted octanol–water partition coefficient (Wildman–Crippen LogP) is 2.41. The summed E-state index contributed by atoms with van der Waals surface area (Å²) < 4.78 is 5.86. The fourth-order valence-corrected chi connectivity index (χ4v) is 3.28. The minimum Gasteiger partial charge on any atom is -0.375 e.